The first-order valence-corrected chi connectivity index (χ1v) is 11.1. The molecular formula is C25H24N2O2S. The molecule has 152 valence electrons. The number of thioether (sulfide) groups is 1. The first-order valence-electron chi connectivity index (χ1n) is 10.1. The molecule has 0 unspecified atom stereocenters. The van der Waals surface area contributed by atoms with Crippen molar-refractivity contribution in [2.45, 2.75) is 25.6 Å². The molecule has 1 fully saturated rings. The third-order valence-corrected chi connectivity index (χ3v) is 6.52. The molecule has 5 heteroatoms. The molecule has 1 aliphatic rings. The Hall–Kier alpha value is -3.05. The second-order valence-electron chi connectivity index (χ2n) is 7.34. The van der Waals surface area contributed by atoms with E-state index in [1.165, 1.54) is 5.56 Å². The molecule has 0 saturated carbocycles. The highest BCUT2D eigenvalue weighted by atomic mass is 32.2. The van der Waals surface area contributed by atoms with E-state index in [9.17, 15) is 9.59 Å². The topological polar surface area (TPSA) is 49.4 Å². The van der Waals surface area contributed by atoms with Gasteiger partial charge in [-0.3, -0.25) is 14.5 Å². The largest absolute Gasteiger partial charge is 0.322 e. The fraction of sp³-hybridized carbons (Fsp3) is 0.200. The van der Waals surface area contributed by atoms with Crippen molar-refractivity contribution in [1.29, 1.82) is 0 Å². The van der Waals surface area contributed by atoms with E-state index in [1.807, 2.05) is 72.5 Å². The van der Waals surface area contributed by atoms with E-state index in [0.717, 1.165) is 28.9 Å². The van der Waals surface area contributed by atoms with Crippen LogP contribution in [0.1, 0.15) is 39.3 Å². The summed E-state index contributed by atoms with van der Waals surface area (Å²) in [5.74, 6) is 0.465. The van der Waals surface area contributed by atoms with Crippen LogP contribution in [0.15, 0.2) is 72.8 Å². The van der Waals surface area contributed by atoms with Crippen molar-refractivity contribution in [3.63, 3.8) is 0 Å². The highest BCUT2D eigenvalue weighted by Gasteiger charge is 2.34. The number of hydrogen-bond acceptors (Lipinski definition) is 3. The molecule has 0 aliphatic carbocycles. The van der Waals surface area contributed by atoms with Crippen LogP contribution >= 0.6 is 11.8 Å². The minimum atomic E-state index is -0.121. The minimum Gasteiger partial charge on any atom is -0.322 e. The summed E-state index contributed by atoms with van der Waals surface area (Å²) in [6.45, 7) is 4.04. The number of anilines is 2. The summed E-state index contributed by atoms with van der Waals surface area (Å²) in [5.41, 5.74) is 5.54. The van der Waals surface area contributed by atoms with Crippen molar-refractivity contribution in [3.05, 3.63) is 95.1 Å². The third kappa shape index (κ3) is 4.12. The van der Waals surface area contributed by atoms with Gasteiger partial charge in [0.15, 0.2) is 0 Å². The molecule has 30 heavy (non-hydrogen) atoms. The third-order valence-electron chi connectivity index (χ3n) is 5.31. The minimum absolute atomic E-state index is 0.0641. The van der Waals surface area contributed by atoms with Crippen molar-refractivity contribution in [3.8, 4) is 0 Å². The molecular weight excluding hydrogens is 392 g/mol. The van der Waals surface area contributed by atoms with Gasteiger partial charge in [-0.1, -0.05) is 49.4 Å². The summed E-state index contributed by atoms with van der Waals surface area (Å²) in [5, 5.41) is 2.89. The van der Waals surface area contributed by atoms with Gasteiger partial charge in [0.25, 0.3) is 5.91 Å². The van der Waals surface area contributed by atoms with Gasteiger partial charge in [-0.2, -0.15) is 0 Å². The normalized spacial score (nSPS) is 16.0. The number of amides is 2. The zero-order chi connectivity index (χ0) is 21.1. The molecule has 1 aliphatic heterocycles. The van der Waals surface area contributed by atoms with Gasteiger partial charge >= 0.3 is 0 Å². The molecule has 1 atom stereocenters. The van der Waals surface area contributed by atoms with Gasteiger partial charge in [0, 0.05) is 16.9 Å². The lowest BCUT2D eigenvalue weighted by molar-refractivity contribution is -0.115. The number of rotatable bonds is 5. The Morgan fingerprint density at radius 2 is 1.83 bits per heavy atom. The number of hydrogen-bond donors (Lipinski definition) is 1. The Kier molecular flexibility index (Phi) is 5.91. The zero-order valence-corrected chi connectivity index (χ0v) is 17.9. The molecule has 1 heterocycles. The van der Waals surface area contributed by atoms with Gasteiger partial charge in [-0.25, -0.2) is 0 Å². The average Bonchev–Trinajstić information content (AvgIpc) is 3.16. The number of nitrogens with zero attached hydrogens (tertiary/aromatic N) is 1. The summed E-state index contributed by atoms with van der Waals surface area (Å²) in [7, 11) is 0. The molecule has 3 aromatic carbocycles. The smallest absolute Gasteiger partial charge is 0.255 e. The van der Waals surface area contributed by atoms with Crippen LogP contribution in [-0.4, -0.2) is 17.6 Å². The van der Waals surface area contributed by atoms with Crippen LogP contribution in [0.25, 0.3) is 0 Å². The first-order chi connectivity index (χ1) is 14.6. The Morgan fingerprint density at radius 3 is 2.57 bits per heavy atom. The molecule has 0 spiro atoms. The standard InChI is InChI=1S/C25H24N2O2S/c1-3-18-8-6-9-21(15-18)27-23(28)16-30-25(27)19-11-13-20(14-12-19)26-24(29)22-10-5-4-7-17(22)2/h4-15,25H,3,16H2,1-2H3,(H,26,29)/t25-/m1/s1. The Morgan fingerprint density at radius 1 is 1.07 bits per heavy atom. The molecule has 4 rings (SSSR count). The van der Waals surface area contributed by atoms with Crippen molar-refractivity contribution < 1.29 is 9.59 Å². The molecule has 3 aromatic rings. The monoisotopic (exact) mass is 416 g/mol. The molecule has 0 bridgehead atoms. The molecule has 2 amide bonds. The predicted octanol–water partition coefficient (Wildman–Crippen LogP) is 5.59. The van der Waals surface area contributed by atoms with Gasteiger partial charge in [-0.15, -0.1) is 11.8 Å². The van der Waals surface area contributed by atoms with Crippen molar-refractivity contribution >= 4 is 35.0 Å². The van der Waals surface area contributed by atoms with E-state index in [-0.39, 0.29) is 17.2 Å². The number of benzene rings is 3. The second kappa shape index (κ2) is 8.76. The molecule has 1 N–H and O–H groups in total. The Labute approximate surface area is 181 Å². The lowest BCUT2D eigenvalue weighted by atomic mass is 10.1. The number of carbonyl (C=O) groups excluding carboxylic acids is 2. The number of nitrogens with one attached hydrogen (secondary N) is 1. The summed E-state index contributed by atoms with van der Waals surface area (Å²) in [4.78, 5) is 27.0. The first kappa shape index (κ1) is 20.2. The van der Waals surface area contributed by atoms with Crippen LogP contribution < -0.4 is 10.2 Å². The highest BCUT2D eigenvalue weighted by molar-refractivity contribution is 8.00. The van der Waals surface area contributed by atoms with Gasteiger partial charge in [0.2, 0.25) is 5.91 Å². The number of aryl methyl sites for hydroxylation is 2. The number of carbonyl (C=O) groups is 2. The quantitative estimate of drug-likeness (QED) is 0.590. The summed E-state index contributed by atoms with van der Waals surface area (Å²) in [6.07, 6.45) is 0.933. The Balaban J connectivity index is 1.53. The lowest BCUT2D eigenvalue weighted by Gasteiger charge is -2.25. The lowest BCUT2D eigenvalue weighted by Crippen LogP contribution is -2.27. The van der Waals surface area contributed by atoms with Crippen molar-refractivity contribution in [1.82, 2.24) is 0 Å². The van der Waals surface area contributed by atoms with E-state index in [4.69, 9.17) is 0 Å². The van der Waals surface area contributed by atoms with Crippen LogP contribution in [0.4, 0.5) is 11.4 Å². The van der Waals surface area contributed by atoms with Crippen molar-refractivity contribution in [2.75, 3.05) is 16.0 Å². The van der Waals surface area contributed by atoms with Crippen LogP contribution in [0.2, 0.25) is 0 Å². The van der Waals surface area contributed by atoms with Crippen LogP contribution in [0, 0.1) is 6.92 Å². The van der Waals surface area contributed by atoms with E-state index in [1.54, 1.807) is 11.8 Å². The maximum atomic E-state index is 12.6. The fourth-order valence-corrected chi connectivity index (χ4v) is 4.81. The second-order valence-corrected chi connectivity index (χ2v) is 8.41. The Bertz CT molecular complexity index is 1080. The van der Waals surface area contributed by atoms with Crippen LogP contribution in [0.3, 0.4) is 0 Å². The molecule has 0 radical (unpaired) electrons. The van der Waals surface area contributed by atoms with E-state index in [0.29, 0.717) is 11.3 Å². The summed E-state index contributed by atoms with van der Waals surface area (Å²) in [6, 6.07) is 23.5. The molecule has 4 nitrogen and oxygen atoms in total. The SMILES string of the molecule is CCc1cccc(N2C(=O)CS[C@@H]2c2ccc(NC(=O)c3ccccc3C)cc2)c1. The molecule has 1 saturated heterocycles. The van der Waals surface area contributed by atoms with Gasteiger partial charge < -0.3 is 5.32 Å². The van der Waals surface area contributed by atoms with Gasteiger partial charge in [-0.05, 0) is 60.4 Å². The fourth-order valence-electron chi connectivity index (χ4n) is 3.63. The maximum absolute atomic E-state index is 12.6. The van der Waals surface area contributed by atoms with E-state index in [2.05, 4.69) is 24.4 Å². The zero-order valence-electron chi connectivity index (χ0n) is 17.1. The van der Waals surface area contributed by atoms with Gasteiger partial charge in [0.1, 0.15) is 5.37 Å². The summed E-state index contributed by atoms with van der Waals surface area (Å²) >= 11 is 1.63. The predicted molar refractivity (Wildman–Crippen MR) is 124 cm³/mol. The van der Waals surface area contributed by atoms with Gasteiger partial charge in [0.05, 0.1) is 5.75 Å². The van der Waals surface area contributed by atoms with Crippen LogP contribution in [-0.2, 0) is 11.2 Å². The van der Waals surface area contributed by atoms with E-state index >= 15 is 0 Å². The van der Waals surface area contributed by atoms with Crippen LogP contribution in [0.5, 0.6) is 0 Å². The van der Waals surface area contributed by atoms with Crippen molar-refractivity contribution in [2.24, 2.45) is 0 Å². The molecule has 0 aromatic heterocycles. The summed E-state index contributed by atoms with van der Waals surface area (Å²) < 4.78 is 0. The van der Waals surface area contributed by atoms with E-state index < -0.39 is 0 Å². The average molecular weight is 417 g/mol. The highest BCUT2D eigenvalue weighted by Crippen LogP contribution is 2.42. The maximum Gasteiger partial charge on any atom is 0.255 e.